The highest BCUT2D eigenvalue weighted by Gasteiger charge is 2.48. The van der Waals surface area contributed by atoms with Crippen LogP contribution in [0.15, 0.2) is 33.1 Å². The first-order chi connectivity index (χ1) is 14.4. The number of rotatable bonds is 5. The van der Waals surface area contributed by atoms with Crippen molar-refractivity contribution in [1.82, 2.24) is 9.88 Å². The Bertz CT molecular complexity index is 969. The number of anilines is 2. The minimum absolute atomic E-state index is 0.0330. The smallest absolute Gasteiger partial charge is 0.328 e. The van der Waals surface area contributed by atoms with Gasteiger partial charge in [0.2, 0.25) is 0 Å². The zero-order valence-corrected chi connectivity index (χ0v) is 20.0. The number of amides is 2. The minimum atomic E-state index is -0.256. The zero-order chi connectivity index (χ0) is 21.3. The number of likely N-dealkylation sites (tertiary alicyclic amines) is 1. The lowest BCUT2D eigenvalue weighted by Crippen LogP contribution is -2.40. The van der Waals surface area contributed by atoms with Gasteiger partial charge in [0.05, 0.1) is 22.8 Å². The molecule has 1 N–H and O–H groups in total. The maximum absolute atomic E-state index is 13.1. The van der Waals surface area contributed by atoms with Crippen LogP contribution in [-0.2, 0) is 14.9 Å². The molecule has 10 heteroatoms. The fraction of sp³-hybridized carbons (Fsp3) is 0.450. The molecule has 2 aliphatic heterocycles. The second kappa shape index (κ2) is 8.86. The lowest BCUT2D eigenvalue weighted by Gasteiger charge is -2.25. The van der Waals surface area contributed by atoms with Gasteiger partial charge >= 0.3 is 12.0 Å². The van der Waals surface area contributed by atoms with Crippen LogP contribution in [0.5, 0.6) is 0 Å². The summed E-state index contributed by atoms with van der Waals surface area (Å²) in [5.74, 6) is -0.0263. The van der Waals surface area contributed by atoms with Gasteiger partial charge in [0.25, 0.3) is 0 Å². The molecule has 1 aromatic carbocycles. The van der Waals surface area contributed by atoms with Gasteiger partial charge in [0.1, 0.15) is 0 Å². The minimum Gasteiger partial charge on any atom is -0.465 e. The Morgan fingerprint density at radius 3 is 2.97 bits per heavy atom. The second-order valence-corrected chi connectivity index (χ2v) is 10.7. The predicted molar refractivity (Wildman–Crippen MR) is 124 cm³/mol. The van der Waals surface area contributed by atoms with Crippen LogP contribution in [0.2, 0.25) is 0 Å². The Labute approximate surface area is 192 Å². The Morgan fingerprint density at radius 1 is 1.40 bits per heavy atom. The van der Waals surface area contributed by atoms with Crippen molar-refractivity contribution >= 4 is 61.8 Å². The number of hydrogen-bond donors (Lipinski definition) is 1. The van der Waals surface area contributed by atoms with Gasteiger partial charge in [-0.3, -0.25) is 15.0 Å². The first-order valence-corrected chi connectivity index (χ1v) is 12.3. The first-order valence-electron chi connectivity index (χ1n) is 9.71. The van der Waals surface area contributed by atoms with E-state index in [1.165, 1.54) is 28.7 Å². The number of aromatic nitrogens is 1. The average molecular weight is 511 g/mol. The van der Waals surface area contributed by atoms with E-state index in [9.17, 15) is 9.59 Å². The molecule has 2 amide bonds. The Hall–Kier alpha value is -1.62. The van der Waals surface area contributed by atoms with E-state index in [2.05, 4.69) is 44.2 Å². The van der Waals surface area contributed by atoms with Crippen LogP contribution in [0.25, 0.3) is 0 Å². The maximum atomic E-state index is 13.1. The molecule has 0 saturated carbocycles. The van der Waals surface area contributed by atoms with Gasteiger partial charge in [-0.25, -0.2) is 9.78 Å². The molecule has 0 aliphatic carbocycles. The number of thiazole rings is 1. The number of hydrogen-bond acceptors (Lipinski definition) is 7. The highest BCUT2D eigenvalue weighted by Crippen LogP contribution is 2.47. The highest BCUT2D eigenvalue weighted by molar-refractivity contribution is 9.10. The molecule has 30 heavy (non-hydrogen) atoms. The molecule has 1 aromatic heterocycles. The molecule has 0 radical (unpaired) electrons. The molecule has 1 saturated heterocycles. The van der Waals surface area contributed by atoms with Gasteiger partial charge in [0.15, 0.2) is 5.13 Å². The van der Waals surface area contributed by atoms with E-state index in [0.717, 1.165) is 33.9 Å². The summed E-state index contributed by atoms with van der Waals surface area (Å²) >= 11 is 6.30. The number of carbonyl (C=O) groups is 2. The van der Waals surface area contributed by atoms with Gasteiger partial charge in [-0.1, -0.05) is 27.3 Å². The lowest BCUT2D eigenvalue weighted by molar-refractivity contribution is -0.139. The quantitative estimate of drug-likeness (QED) is 0.480. The monoisotopic (exact) mass is 510 g/mol. The van der Waals surface area contributed by atoms with E-state index in [0.29, 0.717) is 18.3 Å². The molecule has 3 heterocycles. The van der Waals surface area contributed by atoms with E-state index < -0.39 is 0 Å². The van der Waals surface area contributed by atoms with Crippen LogP contribution in [0.1, 0.15) is 18.9 Å². The van der Waals surface area contributed by atoms with Gasteiger partial charge in [0, 0.05) is 28.7 Å². The molecule has 1 atom stereocenters. The number of esters is 1. The number of fused-ring (bicyclic) bond motifs is 2. The predicted octanol–water partition coefficient (Wildman–Crippen LogP) is 4.19. The van der Waals surface area contributed by atoms with E-state index in [-0.39, 0.29) is 23.2 Å². The first kappa shape index (κ1) is 21.6. The molecule has 2 aliphatic rings. The Morgan fingerprint density at radius 2 is 2.23 bits per heavy atom. The summed E-state index contributed by atoms with van der Waals surface area (Å²) in [6, 6.07) is 5.95. The van der Waals surface area contributed by atoms with Crippen molar-refractivity contribution in [2.24, 2.45) is 0 Å². The topological polar surface area (TPSA) is 74.8 Å². The summed E-state index contributed by atoms with van der Waals surface area (Å²) in [5, 5.41) is 3.45. The van der Waals surface area contributed by atoms with E-state index in [4.69, 9.17) is 4.74 Å². The molecule has 0 unspecified atom stereocenters. The summed E-state index contributed by atoms with van der Waals surface area (Å²) in [7, 11) is 2.13. The van der Waals surface area contributed by atoms with Crippen LogP contribution in [0.4, 0.5) is 15.6 Å². The van der Waals surface area contributed by atoms with Crippen molar-refractivity contribution in [3.8, 4) is 0 Å². The SMILES string of the molecule is CCOC(=O)CSc1cnc(NC(=O)N2C[C@@]3(CCN(C)C3)c3cc(Br)ccc32)s1. The number of benzene rings is 1. The van der Waals surface area contributed by atoms with Crippen LogP contribution < -0.4 is 10.2 Å². The fourth-order valence-electron chi connectivity index (χ4n) is 4.13. The van der Waals surface area contributed by atoms with Crippen molar-refractivity contribution < 1.29 is 14.3 Å². The Balaban J connectivity index is 1.46. The molecule has 2 aromatic rings. The summed E-state index contributed by atoms with van der Waals surface area (Å²) in [4.78, 5) is 33.1. The molecule has 0 bridgehead atoms. The number of likely N-dealkylation sites (N-methyl/N-ethyl adjacent to an activating group) is 1. The zero-order valence-electron chi connectivity index (χ0n) is 16.8. The van der Waals surface area contributed by atoms with Crippen molar-refractivity contribution in [2.75, 3.05) is 49.3 Å². The number of carbonyl (C=O) groups excluding carboxylic acids is 2. The van der Waals surface area contributed by atoms with Crippen LogP contribution in [-0.4, -0.2) is 60.9 Å². The number of nitrogens with zero attached hydrogens (tertiary/aromatic N) is 3. The second-order valence-electron chi connectivity index (χ2n) is 7.52. The van der Waals surface area contributed by atoms with Gasteiger partial charge in [-0.05, 0) is 50.7 Å². The van der Waals surface area contributed by atoms with Gasteiger partial charge in [-0.15, -0.1) is 11.8 Å². The van der Waals surface area contributed by atoms with E-state index in [1.54, 1.807) is 13.1 Å². The summed E-state index contributed by atoms with van der Waals surface area (Å²) in [6.07, 6.45) is 2.70. The van der Waals surface area contributed by atoms with Crippen LogP contribution >= 0.6 is 39.0 Å². The van der Waals surface area contributed by atoms with Crippen molar-refractivity contribution in [1.29, 1.82) is 0 Å². The molecule has 7 nitrogen and oxygen atoms in total. The molecule has 160 valence electrons. The molecular weight excluding hydrogens is 488 g/mol. The third kappa shape index (κ3) is 4.37. The lowest BCUT2D eigenvalue weighted by atomic mass is 9.82. The molecule has 4 rings (SSSR count). The van der Waals surface area contributed by atoms with Gasteiger partial charge < -0.3 is 9.64 Å². The normalized spacial score (nSPS) is 20.6. The number of ether oxygens (including phenoxy) is 1. The van der Waals surface area contributed by atoms with E-state index in [1.807, 2.05) is 17.0 Å². The standard InChI is InChI=1S/C20H23BrN4O3S2/c1-3-28-16(26)10-29-17-9-22-18(30-17)23-19(27)25-12-20(6-7-24(2)11-20)14-8-13(21)4-5-15(14)25/h4-5,8-9H,3,6-7,10-12H2,1-2H3,(H,22,23,27)/t20-/m0/s1. The summed E-state index contributed by atoms with van der Waals surface area (Å²) in [6.45, 7) is 4.77. The van der Waals surface area contributed by atoms with Crippen molar-refractivity contribution in [2.45, 2.75) is 23.0 Å². The number of urea groups is 1. The van der Waals surface area contributed by atoms with Crippen LogP contribution in [0, 0.1) is 0 Å². The third-order valence-electron chi connectivity index (χ3n) is 5.41. The average Bonchev–Trinajstić information content (AvgIpc) is 3.39. The summed E-state index contributed by atoms with van der Waals surface area (Å²) < 4.78 is 6.83. The highest BCUT2D eigenvalue weighted by atomic mass is 79.9. The fourth-order valence-corrected chi connectivity index (χ4v) is 6.15. The number of halogens is 1. The molecule has 1 spiro atoms. The van der Waals surface area contributed by atoms with Gasteiger partial charge in [-0.2, -0.15) is 0 Å². The Kier molecular flexibility index (Phi) is 6.38. The molecule has 1 fully saturated rings. The summed E-state index contributed by atoms with van der Waals surface area (Å²) in [5.41, 5.74) is 2.15. The van der Waals surface area contributed by atoms with Crippen molar-refractivity contribution in [3.63, 3.8) is 0 Å². The van der Waals surface area contributed by atoms with Crippen molar-refractivity contribution in [3.05, 3.63) is 34.4 Å². The third-order valence-corrected chi connectivity index (χ3v) is 7.98. The van der Waals surface area contributed by atoms with Crippen LogP contribution in [0.3, 0.4) is 0 Å². The van der Waals surface area contributed by atoms with E-state index >= 15 is 0 Å². The maximum Gasteiger partial charge on any atom is 0.328 e. The molecular formula is C20H23BrN4O3S2. The number of nitrogens with one attached hydrogen (secondary N) is 1. The largest absolute Gasteiger partial charge is 0.465 e. The number of thioether (sulfide) groups is 1.